The van der Waals surface area contributed by atoms with Gasteiger partial charge in [-0.15, -0.1) is 0 Å². The summed E-state index contributed by atoms with van der Waals surface area (Å²) in [5.74, 6) is 1.38. The first-order valence-corrected chi connectivity index (χ1v) is 12.5. The maximum Gasteiger partial charge on any atom is 0.410 e. The number of aliphatic hydroxyl groups excluding tert-OH is 1. The van der Waals surface area contributed by atoms with E-state index in [0.717, 1.165) is 11.1 Å². The molecular weight excluding hydrogens is 490 g/mol. The Bertz CT molecular complexity index is 1370. The van der Waals surface area contributed by atoms with E-state index in [1.807, 2.05) is 51.1 Å². The maximum atomic E-state index is 12.9. The standard InChI is InChI=1S/C27H33N5O6/c1-27(2,3)38-26(36)31-13-11-20(12-14-31)32-24(34)15-23(29-25(32)35)30(4)28-16-21-9-10-22(37-21)19-7-5-18(17-33)6-8-19/h5-10,15-16,20,33H,11-14,17H2,1-4H3,(H,29,35). The van der Waals surface area contributed by atoms with Crippen molar-refractivity contribution >= 4 is 18.1 Å². The van der Waals surface area contributed by atoms with Gasteiger partial charge in [-0.2, -0.15) is 5.10 Å². The van der Waals surface area contributed by atoms with Gasteiger partial charge in [0.15, 0.2) is 0 Å². The third kappa shape index (κ3) is 6.41. The Hall–Kier alpha value is -4.12. The molecule has 1 aliphatic heterocycles. The summed E-state index contributed by atoms with van der Waals surface area (Å²) in [6, 6.07) is 11.9. The largest absolute Gasteiger partial charge is 0.455 e. The first kappa shape index (κ1) is 26.9. The normalized spacial score (nSPS) is 14.7. The number of nitrogens with zero attached hydrogens (tertiary/aromatic N) is 4. The molecule has 2 N–H and O–H groups in total. The number of H-pyrrole nitrogens is 1. The fraction of sp³-hybridized carbons (Fsp3) is 0.407. The zero-order valence-corrected chi connectivity index (χ0v) is 22.0. The number of benzene rings is 1. The third-order valence-corrected chi connectivity index (χ3v) is 6.19. The molecule has 1 fully saturated rings. The lowest BCUT2D eigenvalue weighted by Gasteiger charge is -2.33. The van der Waals surface area contributed by atoms with Crippen LogP contribution in [0.25, 0.3) is 11.3 Å². The van der Waals surface area contributed by atoms with Gasteiger partial charge in [-0.25, -0.2) is 9.59 Å². The highest BCUT2D eigenvalue weighted by Gasteiger charge is 2.29. The number of ether oxygens (including phenoxy) is 1. The van der Waals surface area contributed by atoms with Crippen LogP contribution in [-0.2, 0) is 11.3 Å². The number of hydrazone groups is 1. The molecule has 0 radical (unpaired) electrons. The van der Waals surface area contributed by atoms with E-state index in [0.29, 0.717) is 37.5 Å². The highest BCUT2D eigenvalue weighted by molar-refractivity contribution is 5.78. The summed E-state index contributed by atoms with van der Waals surface area (Å²) in [6.07, 6.45) is 2.04. The van der Waals surface area contributed by atoms with Gasteiger partial charge < -0.3 is 19.2 Å². The molecule has 0 unspecified atom stereocenters. The molecule has 0 spiro atoms. The Labute approximate surface area is 220 Å². The molecule has 202 valence electrons. The SMILES string of the molecule is CN(N=Cc1ccc(-c2ccc(CO)cc2)o1)c1cc(=O)n(C2CCN(C(=O)OC(C)(C)C)CC2)c(=O)[nH]1. The number of aromatic amines is 1. The summed E-state index contributed by atoms with van der Waals surface area (Å²) < 4.78 is 12.4. The zero-order chi connectivity index (χ0) is 27.4. The van der Waals surface area contributed by atoms with Crippen molar-refractivity contribution in [1.29, 1.82) is 0 Å². The van der Waals surface area contributed by atoms with Crippen LogP contribution in [0, 0.1) is 0 Å². The highest BCUT2D eigenvalue weighted by atomic mass is 16.6. The van der Waals surface area contributed by atoms with Crippen molar-refractivity contribution in [3.05, 3.63) is 74.6 Å². The first-order valence-electron chi connectivity index (χ1n) is 12.5. The summed E-state index contributed by atoms with van der Waals surface area (Å²) in [7, 11) is 1.61. The number of amides is 1. The number of aromatic nitrogens is 2. The third-order valence-electron chi connectivity index (χ3n) is 6.19. The van der Waals surface area contributed by atoms with E-state index in [4.69, 9.17) is 9.15 Å². The number of piperidine rings is 1. The van der Waals surface area contributed by atoms with Crippen molar-refractivity contribution in [2.75, 3.05) is 25.1 Å². The van der Waals surface area contributed by atoms with Gasteiger partial charge in [0, 0.05) is 37.8 Å². The second-order valence-electron chi connectivity index (χ2n) is 10.2. The van der Waals surface area contributed by atoms with Gasteiger partial charge in [0.25, 0.3) is 5.56 Å². The van der Waals surface area contributed by atoms with Gasteiger partial charge in [0.05, 0.1) is 12.8 Å². The van der Waals surface area contributed by atoms with Crippen LogP contribution in [0.2, 0.25) is 0 Å². The van der Waals surface area contributed by atoms with Crippen LogP contribution in [-0.4, -0.2) is 57.6 Å². The lowest BCUT2D eigenvalue weighted by molar-refractivity contribution is 0.0186. The number of hydrogen-bond donors (Lipinski definition) is 2. The van der Waals surface area contributed by atoms with E-state index < -0.39 is 22.9 Å². The molecule has 4 rings (SSSR count). The Kier molecular flexibility index (Phi) is 7.86. The Morgan fingerprint density at radius 3 is 2.47 bits per heavy atom. The van der Waals surface area contributed by atoms with Crippen LogP contribution in [0.3, 0.4) is 0 Å². The average molecular weight is 524 g/mol. The van der Waals surface area contributed by atoms with E-state index >= 15 is 0 Å². The number of aliphatic hydroxyl groups is 1. The fourth-order valence-corrected chi connectivity index (χ4v) is 4.20. The summed E-state index contributed by atoms with van der Waals surface area (Å²) in [4.78, 5) is 42.3. The number of carbonyl (C=O) groups excluding carboxylic acids is 1. The van der Waals surface area contributed by atoms with Gasteiger partial charge in [-0.3, -0.25) is 19.4 Å². The molecule has 3 aromatic rings. The van der Waals surface area contributed by atoms with E-state index in [1.54, 1.807) is 18.0 Å². The van der Waals surface area contributed by atoms with Crippen LogP contribution in [0.1, 0.15) is 51.0 Å². The van der Waals surface area contributed by atoms with Gasteiger partial charge in [0.1, 0.15) is 22.9 Å². The van der Waals surface area contributed by atoms with Crippen LogP contribution in [0.15, 0.2) is 61.6 Å². The van der Waals surface area contributed by atoms with Crippen molar-refractivity contribution in [3.63, 3.8) is 0 Å². The van der Waals surface area contributed by atoms with Crippen molar-refractivity contribution in [1.82, 2.24) is 14.5 Å². The number of furan rings is 1. The minimum absolute atomic E-state index is 0.0251. The highest BCUT2D eigenvalue weighted by Crippen LogP contribution is 2.23. The molecule has 2 aromatic heterocycles. The molecule has 1 aromatic carbocycles. The molecule has 3 heterocycles. The lowest BCUT2D eigenvalue weighted by atomic mass is 10.1. The van der Waals surface area contributed by atoms with Gasteiger partial charge in [0.2, 0.25) is 0 Å². The number of rotatable bonds is 6. The van der Waals surface area contributed by atoms with Crippen LogP contribution in [0.4, 0.5) is 10.6 Å². The van der Waals surface area contributed by atoms with E-state index in [1.165, 1.54) is 21.9 Å². The first-order chi connectivity index (χ1) is 18.0. The summed E-state index contributed by atoms with van der Waals surface area (Å²) in [5, 5.41) is 14.9. The van der Waals surface area contributed by atoms with Crippen LogP contribution in [0.5, 0.6) is 0 Å². The minimum Gasteiger partial charge on any atom is -0.455 e. The van der Waals surface area contributed by atoms with E-state index in [9.17, 15) is 19.5 Å². The summed E-state index contributed by atoms with van der Waals surface area (Å²) >= 11 is 0. The van der Waals surface area contributed by atoms with Crippen molar-refractivity contribution in [2.45, 2.75) is 51.9 Å². The van der Waals surface area contributed by atoms with Gasteiger partial charge in [-0.1, -0.05) is 24.3 Å². The molecule has 0 aliphatic carbocycles. The van der Waals surface area contributed by atoms with E-state index in [-0.39, 0.29) is 18.5 Å². The molecule has 1 amide bonds. The van der Waals surface area contributed by atoms with Crippen molar-refractivity contribution < 1.29 is 19.1 Å². The molecule has 0 bridgehead atoms. The zero-order valence-electron chi connectivity index (χ0n) is 22.0. The fourth-order valence-electron chi connectivity index (χ4n) is 4.20. The number of nitrogens with one attached hydrogen (secondary N) is 1. The summed E-state index contributed by atoms with van der Waals surface area (Å²) in [6.45, 7) is 6.20. The second-order valence-corrected chi connectivity index (χ2v) is 10.2. The second kappa shape index (κ2) is 11.1. The van der Waals surface area contributed by atoms with Crippen LogP contribution < -0.4 is 16.3 Å². The minimum atomic E-state index is -0.585. The number of anilines is 1. The molecule has 0 saturated carbocycles. The van der Waals surface area contributed by atoms with Crippen LogP contribution >= 0.6 is 0 Å². The maximum absolute atomic E-state index is 12.9. The summed E-state index contributed by atoms with van der Waals surface area (Å²) in [5.41, 5.74) is 0.120. The monoisotopic (exact) mass is 523 g/mol. The molecular formula is C27H33N5O6. The Morgan fingerprint density at radius 1 is 1.18 bits per heavy atom. The molecule has 1 aliphatic rings. The number of hydrogen-bond acceptors (Lipinski definition) is 8. The number of likely N-dealkylation sites (tertiary alicyclic amines) is 1. The topological polar surface area (TPSA) is 133 Å². The molecule has 11 nitrogen and oxygen atoms in total. The quantitative estimate of drug-likeness (QED) is 0.374. The molecule has 38 heavy (non-hydrogen) atoms. The average Bonchev–Trinajstić information content (AvgIpc) is 3.35. The smallest absolute Gasteiger partial charge is 0.410 e. The van der Waals surface area contributed by atoms with Gasteiger partial charge in [-0.05, 0) is 51.3 Å². The Balaban J connectivity index is 1.41. The Morgan fingerprint density at radius 2 is 1.87 bits per heavy atom. The number of carbonyl (C=O) groups is 1. The van der Waals surface area contributed by atoms with Gasteiger partial charge >= 0.3 is 11.8 Å². The van der Waals surface area contributed by atoms with Crippen molar-refractivity contribution in [2.24, 2.45) is 5.10 Å². The molecule has 11 heteroatoms. The van der Waals surface area contributed by atoms with E-state index in [2.05, 4.69) is 10.1 Å². The predicted octanol–water partition coefficient (Wildman–Crippen LogP) is 3.33. The predicted molar refractivity (Wildman–Crippen MR) is 143 cm³/mol. The van der Waals surface area contributed by atoms with Crippen molar-refractivity contribution in [3.8, 4) is 11.3 Å². The molecule has 0 atom stereocenters. The lowest BCUT2D eigenvalue weighted by Crippen LogP contribution is -2.46. The molecule has 1 saturated heterocycles.